The predicted molar refractivity (Wildman–Crippen MR) is 66.7 cm³/mol. The summed E-state index contributed by atoms with van der Waals surface area (Å²) in [5.74, 6) is -0.152. The molecular formula is C12H15BN2O. The summed E-state index contributed by atoms with van der Waals surface area (Å²) in [6.45, 7) is 5.36. The van der Waals surface area contributed by atoms with Crippen LogP contribution in [0.25, 0.3) is 0 Å². The van der Waals surface area contributed by atoms with E-state index in [1.54, 1.807) is 0 Å². The van der Waals surface area contributed by atoms with Gasteiger partial charge in [0.05, 0.1) is 0 Å². The van der Waals surface area contributed by atoms with Crippen molar-refractivity contribution in [1.29, 1.82) is 0 Å². The smallest absolute Gasteiger partial charge is 0.243 e. The molecule has 1 aromatic carbocycles. The molecule has 1 aromatic rings. The highest BCUT2D eigenvalue weighted by Gasteiger charge is 1.96. The lowest BCUT2D eigenvalue weighted by atomic mass is 9.91. The van der Waals surface area contributed by atoms with Gasteiger partial charge in [0.1, 0.15) is 7.85 Å². The van der Waals surface area contributed by atoms with Gasteiger partial charge in [0, 0.05) is 19.6 Å². The minimum absolute atomic E-state index is 0.152. The quantitative estimate of drug-likeness (QED) is 0.393. The van der Waals surface area contributed by atoms with Gasteiger partial charge in [-0.1, -0.05) is 36.3 Å². The lowest BCUT2D eigenvalue weighted by Gasteiger charge is -2.08. The van der Waals surface area contributed by atoms with Crippen molar-refractivity contribution in [2.75, 3.05) is 13.1 Å². The molecule has 1 rings (SSSR count). The number of carbonyl (C=O) groups excluding carboxylic acids is 1. The Balaban J connectivity index is 2.19. The van der Waals surface area contributed by atoms with Crippen LogP contribution in [-0.4, -0.2) is 26.8 Å². The van der Waals surface area contributed by atoms with Crippen molar-refractivity contribution in [3.05, 3.63) is 42.5 Å². The van der Waals surface area contributed by atoms with Crippen LogP contribution in [0.4, 0.5) is 0 Å². The summed E-state index contributed by atoms with van der Waals surface area (Å²) in [6.07, 6.45) is 1.26. The summed E-state index contributed by atoms with van der Waals surface area (Å²) in [5.41, 5.74) is 1.85. The highest BCUT2D eigenvalue weighted by molar-refractivity contribution is 6.33. The molecule has 0 aliphatic carbocycles. The second kappa shape index (κ2) is 6.85. The normalized spacial score (nSPS) is 9.75. The zero-order valence-electron chi connectivity index (χ0n) is 9.20. The Hall–Kier alpha value is -1.55. The molecule has 0 aliphatic rings. The minimum Gasteiger partial charge on any atom is -0.351 e. The highest BCUT2D eigenvalue weighted by atomic mass is 16.1. The van der Waals surface area contributed by atoms with Gasteiger partial charge >= 0.3 is 0 Å². The Morgan fingerprint density at radius 1 is 1.38 bits per heavy atom. The van der Waals surface area contributed by atoms with Gasteiger partial charge in [-0.15, -0.1) is 0 Å². The Bertz CT molecular complexity index is 366. The van der Waals surface area contributed by atoms with Crippen molar-refractivity contribution < 1.29 is 4.79 Å². The first-order valence-corrected chi connectivity index (χ1v) is 5.18. The minimum atomic E-state index is -0.152. The van der Waals surface area contributed by atoms with E-state index in [1.165, 1.54) is 6.08 Å². The van der Waals surface area contributed by atoms with Crippen molar-refractivity contribution in [3.63, 3.8) is 0 Å². The van der Waals surface area contributed by atoms with Gasteiger partial charge in [0.15, 0.2) is 0 Å². The van der Waals surface area contributed by atoms with E-state index in [2.05, 4.69) is 17.2 Å². The molecule has 2 N–H and O–H groups in total. The van der Waals surface area contributed by atoms with E-state index in [9.17, 15) is 4.79 Å². The molecular weight excluding hydrogens is 199 g/mol. The monoisotopic (exact) mass is 214 g/mol. The Morgan fingerprint density at radius 3 is 2.81 bits per heavy atom. The van der Waals surface area contributed by atoms with E-state index in [-0.39, 0.29) is 5.91 Å². The Morgan fingerprint density at radius 2 is 2.12 bits per heavy atom. The van der Waals surface area contributed by atoms with Crippen LogP contribution in [-0.2, 0) is 11.3 Å². The number of carbonyl (C=O) groups is 1. The third kappa shape index (κ3) is 4.32. The van der Waals surface area contributed by atoms with Gasteiger partial charge in [-0.3, -0.25) is 4.79 Å². The highest BCUT2D eigenvalue weighted by Crippen LogP contribution is 1.92. The largest absolute Gasteiger partial charge is 0.351 e. The number of nitrogens with one attached hydrogen (secondary N) is 2. The average Bonchev–Trinajstić information content (AvgIpc) is 2.30. The van der Waals surface area contributed by atoms with Crippen LogP contribution in [0.3, 0.4) is 0 Å². The molecule has 82 valence electrons. The molecule has 0 aromatic heterocycles. The molecule has 0 heterocycles. The van der Waals surface area contributed by atoms with Crippen LogP contribution in [0, 0.1) is 0 Å². The molecule has 0 atom stereocenters. The molecule has 0 saturated heterocycles. The lowest BCUT2D eigenvalue weighted by Crippen LogP contribution is -2.31. The fourth-order valence-corrected chi connectivity index (χ4v) is 1.26. The van der Waals surface area contributed by atoms with E-state index < -0.39 is 0 Å². The van der Waals surface area contributed by atoms with Crippen molar-refractivity contribution in [1.82, 2.24) is 10.6 Å². The van der Waals surface area contributed by atoms with Gasteiger partial charge in [0.2, 0.25) is 5.91 Å². The summed E-state index contributed by atoms with van der Waals surface area (Å²) in [6, 6.07) is 7.71. The summed E-state index contributed by atoms with van der Waals surface area (Å²) < 4.78 is 0. The number of amides is 1. The topological polar surface area (TPSA) is 41.1 Å². The van der Waals surface area contributed by atoms with Crippen LogP contribution < -0.4 is 16.1 Å². The Labute approximate surface area is 97.3 Å². The fraction of sp³-hybridized carbons (Fsp3) is 0.250. The zero-order chi connectivity index (χ0) is 11.8. The van der Waals surface area contributed by atoms with Crippen molar-refractivity contribution in [2.45, 2.75) is 6.54 Å². The molecule has 16 heavy (non-hydrogen) atoms. The maximum Gasteiger partial charge on any atom is 0.243 e. The molecule has 0 unspecified atom stereocenters. The third-order valence-corrected chi connectivity index (χ3v) is 2.16. The van der Waals surface area contributed by atoms with Crippen molar-refractivity contribution >= 4 is 19.2 Å². The number of benzene rings is 1. The maximum absolute atomic E-state index is 10.8. The lowest BCUT2D eigenvalue weighted by molar-refractivity contribution is -0.116. The van der Waals surface area contributed by atoms with Crippen LogP contribution in [0.5, 0.6) is 0 Å². The standard InChI is InChI=1S/C12H15BN2O/c1-2-12(16)15-8-7-14-9-10-5-3-4-6-11(10)13/h2-6,14H,1,7-9H2,(H,15,16). The molecule has 0 bridgehead atoms. The third-order valence-electron chi connectivity index (χ3n) is 2.16. The van der Waals surface area contributed by atoms with Gasteiger partial charge in [0.25, 0.3) is 0 Å². The van der Waals surface area contributed by atoms with Crippen LogP contribution in [0.1, 0.15) is 5.56 Å². The first-order valence-electron chi connectivity index (χ1n) is 5.18. The number of rotatable bonds is 6. The van der Waals surface area contributed by atoms with Crippen LogP contribution in [0.2, 0.25) is 0 Å². The number of hydrogen-bond donors (Lipinski definition) is 2. The molecule has 2 radical (unpaired) electrons. The predicted octanol–water partition coefficient (Wildman–Crippen LogP) is -0.128. The summed E-state index contributed by atoms with van der Waals surface area (Å²) >= 11 is 0. The second-order valence-corrected chi connectivity index (χ2v) is 3.37. The first-order chi connectivity index (χ1) is 7.74. The van der Waals surface area contributed by atoms with E-state index in [0.29, 0.717) is 19.6 Å². The second-order valence-electron chi connectivity index (χ2n) is 3.37. The van der Waals surface area contributed by atoms with Crippen molar-refractivity contribution in [3.8, 4) is 0 Å². The fourth-order valence-electron chi connectivity index (χ4n) is 1.26. The van der Waals surface area contributed by atoms with E-state index in [0.717, 1.165) is 11.0 Å². The van der Waals surface area contributed by atoms with Gasteiger partial charge < -0.3 is 10.6 Å². The zero-order valence-corrected chi connectivity index (χ0v) is 9.20. The molecule has 3 nitrogen and oxygen atoms in total. The summed E-state index contributed by atoms with van der Waals surface area (Å²) in [4.78, 5) is 10.8. The van der Waals surface area contributed by atoms with E-state index >= 15 is 0 Å². The summed E-state index contributed by atoms with van der Waals surface area (Å²) in [5, 5.41) is 5.88. The average molecular weight is 214 g/mol. The van der Waals surface area contributed by atoms with Gasteiger partial charge in [-0.25, -0.2) is 0 Å². The molecule has 4 heteroatoms. The molecule has 0 spiro atoms. The van der Waals surface area contributed by atoms with Gasteiger partial charge in [-0.05, 0) is 11.6 Å². The molecule has 0 fully saturated rings. The maximum atomic E-state index is 10.8. The summed E-state index contributed by atoms with van der Waals surface area (Å²) in [7, 11) is 5.78. The van der Waals surface area contributed by atoms with Crippen LogP contribution >= 0.6 is 0 Å². The van der Waals surface area contributed by atoms with E-state index in [1.807, 2.05) is 24.3 Å². The SMILES string of the molecule is [B]c1ccccc1CNCCNC(=O)C=C. The van der Waals surface area contributed by atoms with E-state index in [4.69, 9.17) is 7.85 Å². The number of hydrogen-bond acceptors (Lipinski definition) is 2. The Kier molecular flexibility index (Phi) is 5.36. The first kappa shape index (κ1) is 12.5. The molecule has 0 aliphatic heterocycles. The van der Waals surface area contributed by atoms with Gasteiger partial charge in [-0.2, -0.15) is 0 Å². The van der Waals surface area contributed by atoms with Crippen molar-refractivity contribution in [2.24, 2.45) is 0 Å². The van der Waals surface area contributed by atoms with Crippen LogP contribution in [0.15, 0.2) is 36.9 Å². The molecule has 0 saturated carbocycles. The molecule has 1 amide bonds.